The molecule has 0 atom stereocenters. The minimum Gasteiger partial charge on any atom is -0.310 e. The number of nitrogens with one attached hydrogen (secondary N) is 1. The second-order valence-electron chi connectivity index (χ2n) is 6.06. The van der Waals surface area contributed by atoms with E-state index in [9.17, 15) is 9.59 Å². The van der Waals surface area contributed by atoms with Crippen LogP contribution < -0.4 is 11.0 Å². The second-order valence-corrected chi connectivity index (χ2v) is 6.47. The normalized spacial score (nSPS) is 10.9. The van der Waals surface area contributed by atoms with Gasteiger partial charge in [-0.25, -0.2) is 5.43 Å². The molecule has 6 heteroatoms. The topological polar surface area (TPSA) is 63.5 Å². The first kappa shape index (κ1) is 18.6. The molecule has 0 saturated heterocycles. The van der Waals surface area contributed by atoms with Gasteiger partial charge in [0, 0.05) is 16.8 Å². The lowest BCUT2D eigenvalue weighted by Crippen LogP contribution is -2.30. The molecule has 0 aliphatic carbocycles. The lowest BCUT2D eigenvalue weighted by Gasteiger charge is -2.08. The molecule has 1 amide bonds. The fraction of sp³-hybridized carbons (Fsp3) is 0.0952. The van der Waals surface area contributed by atoms with Crippen molar-refractivity contribution >= 4 is 23.7 Å². The second kappa shape index (κ2) is 8.47. The van der Waals surface area contributed by atoms with Gasteiger partial charge in [0.2, 0.25) is 0 Å². The van der Waals surface area contributed by atoms with Crippen LogP contribution in [0.3, 0.4) is 0 Å². The zero-order chi connectivity index (χ0) is 19.2. The SMILES string of the molecule is Cc1cccc(Cn2cccc(C(=O)N/N=C\c3ccccc3Cl)c2=O)c1. The molecule has 3 rings (SSSR count). The molecule has 0 aliphatic heterocycles. The molecule has 5 nitrogen and oxygen atoms in total. The number of aromatic nitrogens is 1. The molecule has 0 fully saturated rings. The number of carbonyl (C=O) groups excluding carboxylic acids is 1. The number of rotatable bonds is 5. The van der Waals surface area contributed by atoms with E-state index < -0.39 is 5.91 Å². The highest BCUT2D eigenvalue weighted by atomic mass is 35.5. The fourth-order valence-electron chi connectivity index (χ4n) is 2.64. The van der Waals surface area contributed by atoms with Crippen LogP contribution in [0.1, 0.15) is 27.0 Å². The van der Waals surface area contributed by atoms with Crippen molar-refractivity contribution in [3.05, 3.63) is 104 Å². The van der Waals surface area contributed by atoms with Gasteiger partial charge in [-0.15, -0.1) is 0 Å². The van der Waals surface area contributed by atoms with Crippen LogP contribution in [0, 0.1) is 6.92 Å². The fourth-order valence-corrected chi connectivity index (χ4v) is 2.83. The largest absolute Gasteiger partial charge is 0.310 e. The van der Waals surface area contributed by atoms with Crippen LogP contribution in [0.15, 0.2) is 76.8 Å². The van der Waals surface area contributed by atoms with E-state index in [1.54, 1.807) is 30.5 Å². The highest BCUT2D eigenvalue weighted by Crippen LogP contribution is 2.12. The van der Waals surface area contributed by atoms with E-state index in [0.29, 0.717) is 17.1 Å². The van der Waals surface area contributed by atoms with Crippen LogP contribution in [0.25, 0.3) is 0 Å². The number of amides is 1. The lowest BCUT2D eigenvalue weighted by molar-refractivity contribution is 0.0953. The average molecular weight is 380 g/mol. The van der Waals surface area contributed by atoms with Crippen LogP contribution in [-0.4, -0.2) is 16.7 Å². The molecule has 1 N–H and O–H groups in total. The van der Waals surface area contributed by atoms with Crippen molar-refractivity contribution in [2.75, 3.05) is 0 Å². The van der Waals surface area contributed by atoms with Crippen LogP contribution in [0.2, 0.25) is 5.02 Å². The summed E-state index contributed by atoms with van der Waals surface area (Å²) in [5.41, 5.74) is 4.81. The minimum absolute atomic E-state index is 0.0291. The van der Waals surface area contributed by atoms with E-state index in [0.717, 1.165) is 11.1 Å². The Kier molecular flexibility index (Phi) is 5.84. The predicted octanol–water partition coefficient (Wildman–Crippen LogP) is 3.62. The first-order chi connectivity index (χ1) is 13.0. The van der Waals surface area contributed by atoms with Gasteiger partial charge in [-0.1, -0.05) is 59.6 Å². The summed E-state index contributed by atoms with van der Waals surface area (Å²) in [4.78, 5) is 24.9. The summed E-state index contributed by atoms with van der Waals surface area (Å²) < 4.78 is 1.50. The number of benzene rings is 2. The zero-order valence-corrected chi connectivity index (χ0v) is 15.5. The van der Waals surface area contributed by atoms with Gasteiger partial charge in [-0.3, -0.25) is 9.59 Å². The Bertz CT molecular complexity index is 1060. The van der Waals surface area contributed by atoms with Gasteiger partial charge in [0.25, 0.3) is 11.5 Å². The highest BCUT2D eigenvalue weighted by Gasteiger charge is 2.11. The van der Waals surface area contributed by atoms with Gasteiger partial charge < -0.3 is 4.57 Å². The molecule has 3 aromatic rings. The van der Waals surface area contributed by atoms with Crippen molar-refractivity contribution in [3.63, 3.8) is 0 Å². The summed E-state index contributed by atoms with van der Waals surface area (Å²) >= 11 is 6.03. The minimum atomic E-state index is -0.568. The molecule has 0 unspecified atom stereocenters. The monoisotopic (exact) mass is 379 g/mol. The summed E-state index contributed by atoms with van der Waals surface area (Å²) in [7, 11) is 0. The summed E-state index contributed by atoms with van der Waals surface area (Å²) in [6.45, 7) is 2.39. The lowest BCUT2D eigenvalue weighted by atomic mass is 10.1. The zero-order valence-electron chi connectivity index (χ0n) is 14.7. The van der Waals surface area contributed by atoms with Crippen molar-refractivity contribution in [2.24, 2.45) is 5.10 Å². The van der Waals surface area contributed by atoms with Gasteiger partial charge in [0.15, 0.2) is 0 Å². The third-order valence-electron chi connectivity index (χ3n) is 3.98. The maximum absolute atomic E-state index is 12.6. The van der Waals surface area contributed by atoms with Crippen LogP contribution in [0.4, 0.5) is 0 Å². The van der Waals surface area contributed by atoms with Crippen LogP contribution in [-0.2, 0) is 6.54 Å². The van der Waals surface area contributed by atoms with Gasteiger partial charge in [0.1, 0.15) is 5.56 Å². The molecule has 0 bridgehead atoms. The Hall–Kier alpha value is -3.18. The number of aryl methyl sites for hydroxylation is 1. The van der Waals surface area contributed by atoms with E-state index in [1.807, 2.05) is 37.3 Å². The average Bonchev–Trinajstić information content (AvgIpc) is 2.65. The molecule has 0 spiro atoms. The molecule has 2 aromatic carbocycles. The highest BCUT2D eigenvalue weighted by molar-refractivity contribution is 6.33. The van der Waals surface area contributed by atoms with Crippen LogP contribution >= 0.6 is 11.6 Å². The van der Waals surface area contributed by atoms with E-state index >= 15 is 0 Å². The number of pyridine rings is 1. The quantitative estimate of drug-likeness (QED) is 0.543. The number of carbonyl (C=O) groups is 1. The number of nitrogens with zero attached hydrogens (tertiary/aromatic N) is 2. The summed E-state index contributed by atoms with van der Waals surface area (Å²) in [6.07, 6.45) is 3.10. The van der Waals surface area contributed by atoms with E-state index in [-0.39, 0.29) is 11.1 Å². The molecule has 0 saturated carbocycles. The Morgan fingerprint density at radius 2 is 1.96 bits per heavy atom. The predicted molar refractivity (Wildman–Crippen MR) is 107 cm³/mol. The summed E-state index contributed by atoms with van der Waals surface area (Å²) in [6, 6.07) is 18.2. The molecule has 0 aliphatic rings. The Morgan fingerprint density at radius 1 is 1.15 bits per heavy atom. The third kappa shape index (κ3) is 4.71. The first-order valence-electron chi connectivity index (χ1n) is 8.37. The van der Waals surface area contributed by atoms with Crippen molar-refractivity contribution < 1.29 is 4.79 Å². The van der Waals surface area contributed by atoms with Gasteiger partial charge in [-0.05, 0) is 30.7 Å². The summed E-state index contributed by atoms with van der Waals surface area (Å²) in [5, 5.41) is 4.41. The molecule has 27 heavy (non-hydrogen) atoms. The molecular weight excluding hydrogens is 362 g/mol. The standard InChI is InChI=1S/C21H18ClN3O2/c1-15-6-4-7-16(12-15)14-25-11-5-9-18(21(25)27)20(26)24-23-13-17-8-2-3-10-19(17)22/h2-13H,14H2,1H3,(H,24,26)/b23-13-. The van der Waals surface area contributed by atoms with Crippen LogP contribution in [0.5, 0.6) is 0 Å². The van der Waals surface area contributed by atoms with Crippen molar-refractivity contribution in [3.8, 4) is 0 Å². The van der Waals surface area contributed by atoms with Gasteiger partial charge in [0.05, 0.1) is 12.8 Å². The van der Waals surface area contributed by atoms with E-state index in [1.165, 1.54) is 16.8 Å². The smallest absolute Gasteiger partial charge is 0.276 e. The molecule has 1 heterocycles. The van der Waals surface area contributed by atoms with Crippen molar-refractivity contribution in [1.82, 2.24) is 9.99 Å². The number of hydrazone groups is 1. The molecule has 1 aromatic heterocycles. The number of hydrogen-bond donors (Lipinski definition) is 1. The Morgan fingerprint density at radius 3 is 2.74 bits per heavy atom. The summed E-state index contributed by atoms with van der Waals surface area (Å²) in [5.74, 6) is -0.568. The third-order valence-corrected chi connectivity index (χ3v) is 4.32. The number of halogens is 1. The number of hydrogen-bond acceptors (Lipinski definition) is 3. The maximum atomic E-state index is 12.6. The first-order valence-corrected chi connectivity index (χ1v) is 8.75. The van der Waals surface area contributed by atoms with Gasteiger partial charge >= 0.3 is 0 Å². The molecular formula is C21H18ClN3O2. The maximum Gasteiger partial charge on any atom is 0.276 e. The van der Waals surface area contributed by atoms with E-state index in [2.05, 4.69) is 10.5 Å². The Labute approximate surface area is 161 Å². The van der Waals surface area contributed by atoms with Crippen molar-refractivity contribution in [1.29, 1.82) is 0 Å². The van der Waals surface area contributed by atoms with E-state index in [4.69, 9.17) is 11.6 Å². The molecule has 0 radical (unpaired) electrons. The van der Waals surface area contributed by atoms with Crippen molar-refractivity contribution in [2.45, 2.75) is 13.5 Å². The van der Waals surface area contributed by atoms with Gasteiger partial charge in [-0.2, -0.15) is 5.10 Å². The molecule has 136 valence electrons. The Balaban J connectivity index is 1.76.